The quantitative estimate of drug-likeness (QED) is 0.283. The number of amides is 2. The average Bonchev–Trinajstić information content (AvgIpc) is 3.03. The number of nitrogens with one attached hydrogen (secondary N) is 1. The van der Waals surface area contributed by atoms with Gasteiger partial charge in [-0.05, 0) is 48.6 Å². The minimum Gasteiger partial charge on any atom is -0.356 e. The van der Waals surface area contributed by atoms with Gasteiger partial charge in [0.25, 0.3) is 5.91 Å². The van der Waals surface area contributed by atoms with Gasteiger partial charge in [-0.1, -0.05) is 84.5 Å². The highest BCUT2D eigenvalue weighted by Crippen LogP contribution is 2.32. The lowest BCUT2D eigenvalue weighted by Crippen LogP contribution is -2.29. The first-order chi connectivity index (χ1) is 15.0. The third kappa shape index (κ3) is 7.49. The Kier molecular flexibility index (Phi) is 9.13. The molecule has 162 valence electrons. The van der Waals surface area contributed by atoms with Crippen LogP contribution in [-0.2, 0) is 16.0 Å². The Balaban J connectivity index is 1.33. The highest BCUT2D eigenvalue weighted by molar-refractivity contribution is 8.26. The summed E-state index contributed by atoms with van der Waals surface area (Å²) in [6.07, 6.45) is 5.67. The Morgan fingerprint density at radius 3 is 2.55 bits per heavy atom. The number of carbonyl (C=O) groups is 2. The van der Waals surface area contributed by atoms with Gasteiger partial charge in [-0.2, -0.15) is 0 Å². The molecule has 0 unspecified atom stereocenters. The van der Waals surface area contributed by atoms with Crippen LogP contribution >= 0.6 is 35.6 Å². The number of nitrogens with zero attached hydrogens (tertiary/aromatic N) is 1. The van der Waals surface area contributed by atoms with Gasteiger partial charge >= 0.3 is 0 Å². The number of carbonyl (C=O) groups excluding carboxylic acids is 2. The molecule has 0 aromatic heterocycles. The predicted molar refractivity (Wildman–Crippen MR) is 133 cm³/mol. The van der Waals surface area contributed by atoms with Crippen LogP contribution in [0, 0.1) is 0 Å². The Labute approximate surface area is 198 Å². The Morgan fingerprint density at radius 2 is 1.81 bits per heavy atom. The molecule has 1 aliphatic heterocycles. The van der Waals surface area contributed by atoms with Crippen LogP contribution in [0.5, 0.6) is 0 Å². The van der Waals surface area contributed by atoms with Crippen molar-refractivity contribution in [2.75, 3.05) is 13.1 Å². The number of benzene rings is 2. The molecule has 1 aliphatic rings. The van der Waals surface area contributed by atoms with Crippen LogP contribution in [0.25, 0.3) is 6.08 Å². The van der Waals surface area contributed by atoms with Gasteiger partial charge in [-0.3, -0.25) is 14.5 Å². The Morgan fingerprint density at radius 1 is 1.06 bits per heavy atom. The lowest BCUT2D eigenvalue weighted by Gasteiger charge is -2.14. The third-order valence-corrected chi connectivity index (χ3v) is 6.54. The molecule has 2 amide bonds. The molecule has 3 rings (SSSR count). The fourth-order valence-corrected chi connectivity index (χ4v) is 4.65. The van der Waals surface area contributed by atoms with Crippen molar-refractivity contribution in [2.45, 2.75) is 32.1 Å². The van der Waals surface area contributed by atoms with Crippen LogP contribution < -0.4 is 5.32 Å². The highest BCUT2D eigenvalue weighted by atomic mass is 35.5. The van der Waals surface area contributed by atoms with Crippen molar-refractivity contribution in [1.82, 2.24) is 10.2 Å². The lowest BCUT2D eigenvalue weighted by atomic mass is 10.1. The average molecular weight is 473 g/mol. The minimum atomic E-state index is -0.0522. The van der Waals surface area contributed by atoms with E-state index in [1.165, 1.54) is 17.3 Å². The second kappa shape index (κ2) is 12.0. The van der Waals surface area contributed by atoms with E-state index < -0.39 is 0 Å². The number of hydrogen-bond donors (Lipinski definition) is 1. The summed E-state index contributed by atoms with van der Waals surface area (Å²) in [5.41, 5.74) is 2.14. The molecule has 1 saturated heterocycles. The zero-order valence-electron chi connectivity index (χ0n) is 17.2. The minimum absolute atomic E-state index is 0.0522. The number of halogens is 1. The maximum atomic E-state index is 12.7. The van der Waals surface area contributed by atoms with Gasteiger partial charge < -0.3 is 5.32 Å². The second-order valence-electron chi connectivity index (χ2n) is 7.28. The SMILES string of the molecule is O=C(CCCCCN1C(=O)C(=Cc2ccc(Cl)cc2)SC1=S)NCCc1ccccc1. The molecule has 1 heterocycles. The second-order valence-corrected chi connectivity index (χ2v) is 9.39. The van der Waals surface area contributed by atoms with Gasteiger partial charge in [-0.15, -0.1) is 0 Å². The highest BCUT2D eigenvalue weighted by Gasteiger charge is 2.31. The number of unbranched alkanes of at least 4 members (excludes halogenated alkanes) is 2. The number of thiocarbonyl (C=S) groups is 1. The van der Waals surface area contributed by atoms with Crippen molar-refractivity contribution in [3.8, 4) is 0 Å². The topological polar surface area (TPSA) is 49.4 Å². The van der Waals surface area contributed by atoms with Gasteiger partial charge in [0.15, 0.2) is 0 Å². The summed E-state index contributed by atoms with van der Waals surface area (Å²) in [4.78, 5) is 26.9. The van der Waals surface area contributed by atoms with E-state index >= 15 is 0 Å². The molecule has 0 saturated carbocycles. The molecule has 1 fully saturated rings. The fraction of sp³-hybridized carbons (Fsp3) is 0.292. The molecule has 0 bridgehead atoms. The molecule has 4 nitrogen and oxygen atoms in total. The van der Waals surface area contributed by atoms with E-state index in [2.05, 4.69) is 17.4 Å². The van der Waals surface area contributed by atoms with Gasteiger partial charge in [-0.25, -0.2) is 0 Å². The molecule has 7 heteroatoms. The number of rotatable bonds is 10. The van der Waals surface area contributed by atoms with Crippen LogP contribution in [0.2, 0.25) is 5.02 Å². The molecule has 0 spiro atoms. The van der Waals surface area contributed by atoms with Crippen molar-refractivity contribution in [2.24, 2.45) is 0 Å². The molecule has 0 aliphatic carbocycles. The smallest absolute Gasteiger partial charge is 0.266 e. The van der Waals surface area contributed by atoms with Gasteiger partial charge in [0.05, 0.1) is 4.91 Å². The summed E-state index contributed by atoms with van der Waals surface area (Å²) in [7, 11) is 0. The largest absolute Gasteiger partial charge is 0.356 e. The number of thioether (sulfide) groups is 1. The van der Waals surface area contributed by atoms with Crippen molar-refractivity contribution < 1.29 is 9.59 Å². The van der Waals surface area contributed by atoms with Crippen LogP contribution in [-0.4, -0.2) is 34.1 Å². The summed E-state index contributed by atoms with van der Waals surface area (Å²) < 4.78 is 0.587. The summed E-state index contributed by atoms with van der Waals surface area (Å²) in [5.74, 6) is 0.0241. The molecule has 1 N–H and O–H groups in total. The zero-order valence-corrected chi connectivity index (χ0v) is 19.6. The van der Waals surface area contributed by atoms with Crippen LogP contribution in [0.15, 0.2) is 59.5 Å². The molecular formula is C24H25ClN2O2S2. The summed E-state index contributed by atoms with van der Waals surface area (Å²) >= 11 is 12.6. The fourth-order valence-electron chi connectivity index (χ4n) is 3.21. The van der Waals surface area contributed by atoms with E-state index in [0.717, 1.165) is 31.2 Å². The van der Waals surface area contributed by atoms with E-state index in [1.807, 2.05) is 36.4 Å². The summed E-state index contributed by atoms with van der Waals surface area (Å²) in [6.45, 7) is 1.23. The van der Waals surface area contributed by atoms with Crippen molar-refractivity contribution in [3.05, 3.63) is 75.7 Å². The predicted octanol–water partition coefficient (Wildman–Crippen LogP) is 5.46. The van der Waals surface area contributed by atoms with Gasteiger partial charge in [0, 0.05) is 24.5 Å². The van der Waals surface area contributed by atoms with E-state index in [0.29, 0.717) is 33.8 Å². The van der Waals surface area contributed by atoms with Crippen LogP contribution in [0.3, 0.4) is 0 Å². The van der Waals surface area contributed by atoms with Gasteiger partial charge in [0.1, 0.15) is 4.32 Å². The Bertz CT molecular complexity index is 946. The van der Waals surface area contributed by atoms with E-state index in [1.54, 1.807) is 17.0 Å². The van der Waals surface area contributed by atoms with Crippen LogP contribution in [0.1, 0.15) is 36.8 Å². The molecule has 2 aromatic rings. The molecule has 0 atom stereocenters. The molecular weight excluding hydrogens is 448 g/mol. The standard InChI is InChI=1S/C24H25ClN2O2S2/c25-20-12-10-19(11-13-20)17-21-23(29)27(24(30)31-21)16-6-2-5-9-22(28)26-15-14-18-7-3-1-4-8-18/h1,3-4,7-8,10-13,17H,2,5-6,9,14-16H2,(H,26,28). The maximum Gasteiger partial charge on any atom is 0.266 e. The normalized spacial score (nSPS) is 15.0. The van der Waals surface area contributed by atoms with Crippen molar-refractivity contribution >= 4 is 57.8 Å². The van der Waals surface area contributed by atoms with E-state index in [9.17, 15) is 9.59 Å². The van der Waals surface area contributed by atoms with Crippen LogP contribution in [0.4, 0.5) is 0 Å². The first-order valence-corrected chi connectivity index (χ1v) is 11.9. The number of hydrogen-bond acceptors (Lipinski definition) is 4. The van der Waals surface area contributed by atoms with E-state index in [-0.39, 0.29) is 11.8 Å². The van der Waals surface area contributed by atoms with E-state index in [4.69, 9.17) is 23.8 Å². The summed E-state index contributed by atoms with van der Waals surface area (Å²) in [6, 6.07) is 17.5. The Hall–Kier alpha value is -2.15. The first kappa shape index (κ1) is 23.5. The zero-order chi connectivity index (χ0) is 22.1. The summed E-state index contributed by atoms with van der Waals surface area (Å²) in [5, 5.41) is 3.63. The van der Waals surface area contributed by atoms with Crippen molar-refractivity contribution in [3.63, 3.8) is 0 Å². The molecule has 31 heavy (non-hydrogen) atoms. The lowest BCUT2D eigenvalue weighted by molar-refractivity contribution is -0.122. The first-order valence-electron chi connectivity index (χ1n) is 10.3. The molecule has 2 aromatic carbocycles. The molecule has 0 radical (unpaired) electrons. The monoisotopic (exact) mass is 472 g/mol. The van der Waals surface area contributed by atoms with Gasteiger partial charge in [0.2, 0.25) is 5.91 Å². The maximum absolute atomic E-state index is 12.7. The van der Waals surface area contributed by atoms with Crippen molar-refractivity contribution in [1.29, 1.82) is 0 Å². The third-order valence-electron chi connectivity index (χ3n) is 4.91.